The van der Waals surface area contributed by atoms with E-state index in [1.165, 1.54) is 62.5 Å². The minimum absolute atomic E-state index is 0.0378. The third kappa shape index (κ3) is 5.68. The second-order valence-corrected chi connectivity index (χ2v) is 16.7. The molecule has 0 radical (unpaired) electrons. The van der Waals surface area contributed by atoms with Crippen molar-refractivity contribution in [1.29, 1.82) is 0 Å². The highest BCUT2D eigenvalue weighted by molar-refractivity contribution is 5.66. The summed E-state index contributed by atoms with van der Waals surface area (Å²) in [7, 11) is 1.71. The molecular formula is C38H56N2O5. The lowest BCUT2D eigenvalue weighted by molar-refractivity contribution is -0.152. The van der Waals surface area contributed by atoms with Crippen molar-refractivity contribution in [3.05, 3.63) is 35.4 Å². The maximum absolute atomic E-state index is 12.5. The molecule has 4 fully saturated rings. The molecule has 0 saturated heterocycles. The van der Waals surface area contributed by atoms with E-state index in [0.29, 0.717) is 29.7 Å². The van der Waals surface area contributed by atoms with Crippen LogP contribution < -0.4 is 9.47 Å². The second kappa shape index (κ2) is 11.8. The Morgan fingerprint density at radius 1 is 1.02 bits per heavy atom. The SMILES string of the molecule is COc1ccc2c3c1O[C@H]1C[C@@H](O)C=C[C@@]31CCN(CCCCCCCCCN(C(=O)O)[C@]13C[C@@H]4C[C@@](C)(C[C@@](C)(C4)C1)C3)C2. The number of unbranched alkanes of at least 4 members (excludes halogenated alkanes) is 6. The molecule has 1 aromatic rings. The monoisotopic (exact) mass is 620 g/mol. The number of aliphatic hydroxyl groups excluding tert-OH is 1. The first-order valence-electron chi connectivity index (χ1n) is 18.0. The number of amides is 1. The Labute approximate surface area is 270 Å². The Hall–Kier alpha value is -2.25. The van der Waals surface area contributed by atoms with Crippen LogP contribution in [0.4, 0.5) is 4.79 Å². The number of ether oxygens (including phenoxy) is 2. The number of rotatable bonds is 12. The number of hydrogen-bond donors (Lipinski definition) is 2. The lowest BCUT2D eigenvalue weighted by Crippen LogP contribution is -2.66. The summed E-state index contributed by atoms with van der Waals surface area (Å²) in [6, 6.07) is 4.26. The number of aliphatic hydroxyl groups is 1. The van der Waals surface area contributed by atoms with E-state index in [4.69, 9.17) is 9.47 Å². The van der Waals surface area contributed by atoms with Gasteiger partial charge in [0.15, 0.2) is 11.5 Å². The molecule has 5 aliphatic carbocycles. The molecule has 1 spiro atoms. The Morgan fingerprint density at radius 2 is 1.73 bits per heavy atom. The fraction of sp³-hybridized carbons (Fsp3) is 0.763. The molecule has 0 unspecified atom stereocenters. The van der Waals surface area contributed by atoms with Gasteiger partial charge in [0.25, 0.3) is 0 Å². The van der Waals surface area contributed by atoms with Gasteiger partial charge in [0.2, 0.25) is 0 Å². The molecule has 4 saturated carbocycles. The van der Waals surface area contributed by atoms with Gasteiger partial charge in [-0.2, -0.15) is 0 Å². The van der Waals surface area contributed by atoms with Gasteiger partial charge in [-0.15, -0.1) is 0 Å². The minimum Gasteiger partial charge on any atom is -0.493 e. The summed E-state index contributed by atoms with van der Waals surface area (Å²) in [5, 5.41) is 20.6. The van der Waals surface area contributed by atoms with Crippen molar-refractivity contribution >= 4 is 6.09 Å². The average Bonchev–Trinajstić information content (AvgIpc) is 3.20. The maximum Gasteiger partial charge on any atom is 0.407 e. The van der Waals surface area contributed by atoms with Crippen LogP contribution in [0, 0.1) is 16.7 Å². The van der Waals surface area contributed by atoms with Crippen molar-refractivity contribution in [2.45, 2.75) is 140 Å². The van der Waals surface area contributed by atoms with Gasteiger partial charge in [-0.3, -0.25) is 4.90 Å². The largest absolute Gasteiger partial charge is 0.493 e. The number of carbonyl (C=O) groups is 1. The molecule has 7 nitrogen and oxygen atoms in total. The molecule has 7 heteroatoms. The quantitative estimate of drug-likeness (QED) is 0.184. The van der Waals surface area contributed by atoms with E-state index in [-0.39, 0.29) is 17.1 Å². The zero-order valence-electron chi connectivity index (χ0n) is 28.0. The maximum atomic E-state index is 12.5. The van der Waals surface area contributed by atoms with Gasteiger partial charge in [-0.1, -0.05) is 64.2 Å². The van der Waals surface area contributed by atoms with Gasteiger partial charge in [0.1, 0.15) is 6.10 Å². The molecular weight excluding hydrogens is 564 g/mol. The molecule has 45 heavy (non-hydrogen) atoms. The van der Waals surface area contributed by atoms with Gasteiger partial charge in [-0.25, -0.2) is 4.79 Å². The predicted molar refractivity (Wildman–Crippen MR) is 176 cm³/mol. The van der Waals surface area contributed by atoms with Crippen molar-refractivity contribution in [2.24, 2.45) is 16.7 Å². The number of nitrogens with zero attached hydrogens (tertiary/aromatic N) is 2. The minimum atomic E-state index is -0.687. The first kappa shape index (κ1) is 31.4. The highest BCUT2D eigenvalue weighted by Crippen LogP contribution is 2.67. The molecule has 2 aliphatic heterocycles. The Bertz CT molecular complexity index is 1290. The summed E-state index contributed by atoms with van der Waals surface area (Å²) < 4.78 is 12.1. The highest BCUT2D eigenvalue weighted by Gasteiger charge is 2.62. The van der Waals surface area contributed by atoms with Gasteiger partial charge < -0.3 is 24.6 Å². The van der Waals surface area contributed by atoms with Crippen molar-refractivity contribution in [2.75, 3.05) is 26.7 Å². The summed E-state index contributed by atoms with van der Waals surface area (Å²) in [4.78, 5) is 17.0. The first-order valence-corrected chi connectivity index (χ1v) is 18.0. The van der Waals surface area contributed by atoms with Crippen molar-refractivity contribution in [1.82, 2.24) is 9.80 Å². The second-order valence-electron chi connectivity index (χ2n) is 16.7. The van der Waals surface area contributed by atoms with Crippen LogP contribution in [0.1, 0.15) is 121 Å². The number of benzene rings is 1. The normalized spacial score (nSPS) is 37.6. The van der Waals surface area contributed by atoms with E-state index < -0.39 is 12.2 Å². The zero-order valence-corrected chi connectivity index (χ0v) is 28.0. The fourth-order valence-electron chi connectivity index (χ4n) is 11.9. The third-order valence-electron chi connectivity index (χ3n) is 12.8. The Balaban J connectivity index is 0.855. The van der Waals surface area contributed by atoms with E-state index in [1.807, 2.05) is 17.0 Å². The number of carboxylic acid groups (broad SMARTS) is 1. The van der Waals surface area contributed by atoms with Crippen LogP contribution >= 0.6 is 0 Å². The molecule has 2 N–H and O–H groups in total. The summed E-state index contributed by atoms with van der Waals surface area (Å²) in [6.45, 7) is 8.63. The summed E-state index contributed by atoms with van der Waals surface area (Å²) >= 11 is 0. The van der Waals surface area contributed by atoms with Crippen LogP contribution in [-0.4, -0.2) is 70.6 Å². The molecule has 4 bridgehead atoms. The number of hydrogen-bond acceptors (Lipinski definition) is 5. The van der Waals surface area contributed by atoms with E-state index >= 15 is 0 Å². The molecule has 1 aromatic carbocycles. The topological polar surface area (TPSA) is 82.5 Å². The number of methoxy groups -OCH3 is 1. The van der Waals surface area contributed by atoms with Crippen molar-refractivity contribution in [3.8, 4) is 11.5 Å². The summed E-state index contributed by atoms with van der Waals surface area (Å²) in [6.07, 6.45) is 20.0. The van der Waals surface area contributed by atoms with E-state index in [0.717, 1.165) is 69.7 Å². The van der Waals surface area contributed by atoms with Crippen LogP contribution in [0.3, 0.4) is 0 Å². The average molecular weight is 621 g/mol. The highest BCUT2D eigenvalue weighted by atomic mass is 16.5. The van der Waals surface area contributed by atoms with Crippen LogP contribution in [0.2, 0.25) is 0 Å². The lowest BCUT2D eigenvalue weighted by Gasteiger charge is -2.67. The Kier molecular flexibility index (Phi) is 8.20. The third-order valence-corrected chi connectivity index (χ3v) is 12.8. The van der Waals surface area contributed by atoms with Gasteiger partial charge in [0.05, 0.1) is 18.6 Å². The molecule has 7 aliphatic rings. The van der Waals surface area contributed by atoms with Gasteiger partial charge >= 0.3 is 6.09 Å². The fourth-order valence-corrected chi connectivity index (χ4v) is 11.9. The molecule has 7 atom stereocenters. The smallest absolute Gasteiger partial charge is 0.407 e. The predicted octanol–water partition coefficient (Wildman–Crippen LogP) is 7.68. The van der Waals surface area contributed by atoms with Crippen LogP contribution in [-0.2, 0) is 12.0 Å². The zero-order chi connectivity index (χ0) is 31.5. The first-order chi connectivity index (χ1) is 21.6. The van der Waals surface area contributed by atoms with Gasteiger partial charge in [-0.05, 0) is 99.3 Å². The van der Waals surface area contributed by atoms with Crippen molar-refractivity contribution in [3.63, 3.8) is 0 Å². The molecule has 1 amide bonds. The summed E-state index contributed by atoms with van der Waals surface area (Å²) in [5.41, 5.74) is 2.99. The lowest BCUT2D eigenvalue weighted by atomic mass is 9.42. The van der Waals surface area contributed by atoms with Crippen molar-refractivity contribution < 1.29 is 24.5 Å². The standard InChI is InChI=1S/C38H56N2O5/c1-35-20-27-21-36(2,24-35)26-37(22-27,25-35)40(34(42)43)17-10-8-6-4-5-7-9-16-39-18-15-38-14-13-29(41)19-31(38)45-33-30(44-3)12-11-28(23-39)32(33)38/h11-14,27,29,31,41H,4-10,15-26H2,1-3H3,(H,42,43)/t27-,29-,31-,35+,36-,37+,38-/m0/s1. The van der Waals surface area contributed by atoms with Crippen LogP contribution in [0.25, 0.3) is 0 Å². The van der Waals surface area contributed by atoms with E-state index in [2.05, 4.69) is 30.9 Å². The van der Waals surface area contributed by atoms with Crippen LogP contribution in [0.5, 0.6) is 11.5 Å². The van der Waals surface area contributed by atoms with E-state index in [9.17, 15) is 15.0 Å². The molecule has 8 rings (SSSR count). The molecule has 0 aromatic heterocycles. The summed E-state index contributed by atoms with van der Waals surface area (Å²) in [5.74, 6) is 2.39. The molecule has 248 valence electrons. The molecule has 2 heterocycles. The Morgan fingerprint density at radius 3 is 2.42 bits per heavy atom. The van der Waals surface area contributed by atoms with Crippen LogP contribution in [0.15, 0.2) is 24.3 Å². The van der Waals surface area contributed by atoms with Gasteiger partial charge in [0, 0.05) is 30.6 Å². The van der Waals surface area contributed by atoms with E-state index in [1.54, 1.807) is 7.11 Å².